The number of nitrogens with two attached hydrogens (primary N) is 1. The van der Waals surface area contributed by atoms with Gasteiger partial charge in [-0.3, -0.25) is 15.4 Å². The molecule has 0 amide bonds. The lowest BCUT2D eigenvalue weighted by Crippen LogP contribution is -2.41. The zero-order valence-electron chi connectivity index (χ0n) is 15.9. The van der Waals surface area contributed by atoms with E-state index in [1.54, 1.807) is 22.9 Å². The Kier molecular flexibility index (Phi) is 5.45. The fourth-order valence-corrected chi connectivity index (χ4v) is 3.91. The third-order valence-electron chi connectivity index (χ3n) is 5.43. The summed E-state index contributed by atoms with van der Waals surface area (Å²) in [6.45, 7) is 2.73. The van der Waals surface area contributed by atoms with Gasteiger partial charge in [-0.05, 0) is 42.5 Å². The van der Waals surface area contributed by atoms with Crippen molar-refractivity contribution in [1.82, 2.24) is 9.47 Å². The van der Waals surface area contributed by atoms with E-state index in [2.05, 4.69) is 12.1 Å². The van der Waals surface area contributed by atoms with Crippen LogP contribution >= 0.6 is 0 Å². The van der Waals surface area contributed by atoms with Crippen LogP contribution in [0.15, 0.2) is 42.6 Å². The fourth-order valence-electron chi connectivity index (χ4n) is 3.91. The van der Waals surface area contributed by atoms with E-state index in [1.807, 2.05) is 17.0 Å². The van der Waals surface area contributed by atoms with E-state index in [-0.39, 0.29) is 23.6 Å². The number of nitrogens with zero attached hydrogens (tertiary/aromatic N) is 2. The van der Waals surface area contributed by atoms with Crippen molar-refractivity contribution < 1.29 is 9.47 Å². The highest BCUT2D eigenvalue weighted by molar-refractivity contribution is 5.79. The molecule has 0 spiro atoms. The fraction of sp³-hybridized carbons (Fsp3) is 0.429. The molecule has 7 heteroatoms. The Morgan fingerprint density at radius 3 is 2.75 bits per heavy atom. The number of rotatable bonds is 2. The predicted octanol–water partition coefficient (Wildman–Crippen LogP) is 2.39. The molecule has 7 nitrogen and oxygen atoms in total. The quantitative estimate of drug-likeness (QED) is 0.549. The molecular weight excluding hydrogens is 354 g/mol. The minimum Gasteiger partial charge on any atom is -0.484 e. The maximum absolute atomic E-state index is 8.56. The number of hydrogen-bond acceptors (Lipinski definition) is 5. The van der Waals surface area contributed by atoms with E-state index >= 15 is 0 Å². The van der Waals surface area contributed by atoms with Crippen molar-refractivity contribution in [3.8, 4) is 5.75 Å². The van der Waals surface area contributed by atoms with E-state index in [4.69, 9.17) is 26.0 Å². The van der Waals surface area contributed by atoms with Gasteiger partial charge in [0.1, 0.15) is 17.3 Å². The molecule has 1 aromatic heterocycles. The average molecular weight is 381 g/mol. The minimum atomic E-state index is -0.0678. The molecule has 0 bridgehead atoms. The van der Waals surface area contributed by atoms with E-state index in [0.717, 1.165) is 36.9 Å². The lowest BCUT2D eigenvalue weighted by atomic mass is 9.86. The molecule has 2 aliphatic rings. The maximum atomic E-state index is 8.56. The van der Waals surface area contributed by atoms with Crippen LogP contribution < -0.4 is 16.0 Å². The van der Waals surface area contributed by atoms with Gasteiger partial charge in [0.25, 0.3) is 0 Å². The summed E-state index contributed by atoms with van der Waals surface area (Å²) in [6.07, 6.45) is 4.28. The number of hydrogen-bond donors (Lipinski definition) is 3. The molecule has 2 heterocycles. The minimum absolute atomic E-state index is 0.0510. The van der Waals surface area contributed by atoms with Gasteiger partial charge in [0.15, 0.2) is 0 Å². The molecule has 148 valence electrons. The molecule has 0 radical (unpaired) electrons. The van der Waals surface area contributed by atoms with Gasteiger partial charge >= 0.3 is 0 Å². The van der Waals surface area contributed by atoms with Gasteiger partial charge < -0.3 is 20.1 Å². The molecule has 1 aliphatic carbocycles. The Bertz CT molecular complexity index is 902. The summed E-state index contributed by atoms with van der Waals surface area (Å²) < 4.78 is 13.3. The summed E-state index contributed by atoms with van der Waals surface area (Å²) in [7, 11) is 0. The highest BCUT2D eigenvalue weighted by Gasteiger charge is 2.26. The van der Waals surface area contributed by atoms with Crippen molar-refractivity contribution in [2.75, 3.05) is 26.3 Å². The third-order valence-corrected chi connectivity index (χ3v) is 5.43. The Morgan fingerprint density at radius 1 is 1.07 bits per heavy atom. The number of aromatic nitrogens is 1. The SMILES string of the molecule is N=C(N1CCCOCC1)n1cc(O[C@@H]2CC[C@H](N)c3ccccc32)ccc1=N. The van der Waals surface area contributed by atoms with Gasteiger partial charge in [0.2, 0.25) is 5.96 Å². The summed E-state index contributed by atoms with van der Waals surface area (Å²) in [4.78, 5) is 1.95. The Labute approximate surface area is 164 Å². The van der Waals surface area contributed by atoms with Crippen LogP contribution in [0.3, 0.4) is 0 Å². The number of ether oxygens (including phenoxy) is 2. The molecule has 1 saturated heterocycles. The first kappa shape index (κ1) is 18.7. The molecule has 0 saturated carbocycles. The highest BCUT2D eigenvalue weighted by Crippen LogP contribution is 2.37. The third kappa shape index (κ3) is 3.81. The van der Waals surface area contributed by atoms with E-state index < -0.39 is 0 Å². The smallest absolute Gasteiger partial charge is 0.203 e. The van der Waals surface area contributed by atoms with E-state index in [1.165, 1.54) is 0 Å². The molecular formula is C21H27N5O2. The lowest BCUT2D eigenvalue weighted by Gasteiger charge is -2.30. The number of nitrogens with one attached hydrogen (secondary N) is 2. The van der Waals surface area contributed by atoms with E-state index in [0.29, 0.717) is 25.5 Å². The van der Waals surface area contributed by atoms with Gasteiger partial charge in [0, 0.05) is 25.7 Å². The molecule has 0 unspecified atom stereocenters. The van der Waals surface area contributed by atoms with Crippen LogP contribution in [0.4, 0.5) is 0 Å². The van der Waals surface area contributed by atoms with Gasteiger partial charge in [0.05, 0.1) is 12.8 Å². The Balaban J connectivity index is 1.57. The number of fused-ring (bicyclic) bond motifs is 1. The van der Waals surface area contributed by atoms with Crippen molar-refractivity contribution in [3.63, 3.8) is 0 Å². The second-order valence-electron chi connectivity index (χ2n) is 7.32. The molecule has 2 atom stereocenters. The summed E-state index contributed by atoms with van der Waals surface area (Å²) in [6, 6.07) is 11.7. The Hall–Kier alpha value is -2.64. The first-order valence-electron chi connectivity index (χ1n) is 9.83. The normalized spacial score (nSPS) is 22.2. The summed E-state index contributed by atoms with van der Waals surface area (Å²) in [5, 5.41) is 16.8. The molecule has 28 heavy (non-hydrogen) atoms. The topological polar surface area (TPSA) is 100 Å². The van der Waals surface area contributed by atoms with Crippen molar-refractivity contribution >= 4 is 5.96 Å². The molecule has 2 aromatic rings. The van der Waals surface area contributed by atoms with Crippen molar-refractivity contribution in [3.05, 3.63) is 59.2 Å². The van der Waals surface area contributed by atoms with Crippen molar-refractivity contribution in [2.24, 2.45) is 5.73 Å². The van der Waals surface area contributed by atoms with E-state index in [9.17, 15) is 0 Å². The second kappa shape index (κ2) is 8.16. The van der Waals surface area contributed by atoms with Crippen LogP contribution in [0.5, 0.6) is 5.75 Å². The summed E-state index contributed by atoms with van der Waals surface area (Å²) in [5.74, 6) is 0.939. The Morgan fingerprint density at radius 2 is 1.89 bits per heavy atom. The van der Waals surface area contributed by atoms with Gasteiger partial charge in [-0.25, -0.2) is 0 Å². The molecule has 4 rings (SSSR count). The van der Waals surface area contributed by atoms with Gasteiger partial charge in [-0.1, -0.05) is 24.3 Å². The van der Waals surface area contributed by atoms with Crippen molar-refractivity contribution in [2.45, 2.75) is 31.4 Å². The molecule has 1 aliphatic heterocycles. The maximum Gasteiger partial charge on any atom is 0.203 e. The molecule has 1 fully saturated rings. The largest absolute Gasteiger partial charge is 0.484 e. The van der Waals surface area contributed by atoms with Gasteiger partial charge in [-0.15, -0.1) is 0 Å². The lowest BCUT2D eigenvalue weighted by molar-refractivity contribution is 0.147. The number of benzene rings is 1. The van der Waals surface area contributed by atoms with Crippen LogP contribution in [-0.2, 0) is 4.74 Å². The first-order valence-corrected chi connectivity index (χ1v) is 9.83. The van der Waals surface area contributed by atoms with Crippen LogP contribution in [0.1, 0.15) is 42.5 Å². The second-order valence-corrected chi connectivity index (χ2v) is 7.32. The first-order chi connectivity index (χ1) is 13.6. The van der Waals surface area contributed by atoms with Crippen LogP contribution in [0, 0.1) is 10.8 Å². The van der Waals surface area contributed by atoms with Crippen LogP contribution in [0.25, 0.3) is 0 Å². The standard InChI is InChI=1S/C21H27N5O2/c22-18-7-8-19(17-5-2-1-4-16(17)18)28-15-6-9-20(23)26(14-15)21(24)25-10-3-12-27-13-11-25/h1-2,4-6,9,14,18-19,23-24H,3,7-8,10-13,22H2/t18-,19+/m0/s1. The van der Waals surface area contributed by atoms with Crippen LogP contribution in [0.2, 0.25) is 0 Å². The molecule has 1 aromatic carbocycles. The zero-order chi connectivity index (χ0) is 19.5. The summed E-state index contributed by atoms with van der Waals surface area (Å²) in [5.41, 5.74) is 8.78. The summed E-state index contributed by atoms with van der Waals surface area (Å²) >= 11 is 0. The highest BCUT2D eigenvalue weighted by atomic mass is 16.5. The number of pyridine rings is 1. The van der Waals surface area contributed by atoms with Crippen LogP contribution in [-0.4, -0.2) is 41.7 Å². The zero-order valence-corrected chi connectivity index (χ0v) is 15.9. The average Bonchev–Trinajstić information content (AvgIpc) is 3.01. The van der Waals surface area contributed by atoms with Gasteiger partial charge in [-0.2, -0.15) is 0 Å². The predicted molar refractivity (Wildman–Crippen MR) is 106 cm³/mol. The molecule has 4 N–H and O–H groups in total. The monoisotopic (exact) mass is 381 g/mol. The van der Waals surface area contributed by atoms with Crippen molar-refractivity contribution in [1.29, 1.82) is 10.8 Å².